The van der Waals surface area contributed by atoms with Gasteiger partial charge in [-0.3, -0.25) is 4.79 Å². The van der Waals surface area contributed by atoms with Crippen LogP contribution >= 0.6 is 0 Å². The van der Waals surface area contributed by atoms with E-state index in [0.29, 0.717) is 11.8 Å². The lowest BCUT2D eigenvalue weighted by atomic mass is 9.98. The maximum absolute atomic E-state index is 11.9. The highest BCUT2D eigenvalue weighted by Crippen LogP contribution is 2.29. The van der Waals surface area contributed by atoms with Crippen LogP contribution in [0, 0.1) is 5.92 Å². The van der Waals surface area contributed by atoms with Gasteiger partial charge in [-0.2, -0.15) is 0 Å². The van der Waals surface area contributed by atoms with Gasteiger partial charge in [0.15, 0.2) is 5.58 Å². The number of benzene rings is 2. The number of carbonyl (C=O) groups excluding carboxylic acids is 1. The molecule has 0 spiro atoms. The summed E-state index contributed by atoms with van der Waals surface area (Å²) in [4.78, 5) is 16.5. The van der Waals surface area contributed by atoms with Crippen LogP contribution in [0.5, 0.6) is 0 Å². The molecule has 0 aliphatic heterocycles. The number of amides is 1. The van der Waals surface area contributed by atoms with Crippen molar-refractivity contribution in [3.05, 3.63) is 48.0 Å². The normalized spacial score (nSPS) is 12.5. The van der Waals surface area contributed by atoms with E-state index in [0.717, 1.165) is 28.8 Å². The topological polar surface area (TPSA) is 55.1 Å². The van der Waals surface area contributed by atoms with Gasteiger partial charge in [0.2, 0.25) is 11.8 Å². The molecule has 0 fully saturated rings. The number of nitrogens with one attached hydrogen (secondary N) is 1. The summed E-state index contributed by atoms with van der Waals surface area (Å²) in [6, 6.07) is 13.8. The molecule has 0 aliphatic carbocycles. The fraction of sp³-hybridized carbons (Fsp3) is 0.333. The first-order chi connectivity index (χ1) is 12.0. The number of carbonyl (C=O) groups is 1. The molecule has 2 aromatic carbocycles. The van der Waals surface area contributed by atoms with Crippen LogP contribution < -0.4 is 5.32 Å². The number of hydrogen-bond donors (Lipinski definition) is 1. The Morgan fingerprint density at radius 3 is 2.68 bits per heavy atom. The molecule has 0 bridgehead atoms. The summed E-state index contributed by atoms with van der Waals surface area (Å²) in [7, 11) is 0. The van der Waals surface area contributed by atoms with Crippen molar-refractivity contribution in [2.24, 2.45) is 5.92 Å². The largest absolute Gasteiger partial charge is 0.436 e. The second-order valence-corrected chi connectivity index (χ2v) is 6.78. The first-order valence-electron chi connectivity index (χ1n) is 8.79. The molecule has 1 aromatic heterocycles. The SMILES string of the molecule is CC[C@@H](C)c1ccc2oc(-c3cccc(NC(=O)C(C)C)c3)nc2c1. The van der Waals surface area contributed by atoms with Crippen molar-refractivity contribution in [2.45, 2.75) is 40.0 Å². The van der Waals surface area contributed by atoms with Gasteiger partial charge in [-0.1, -0.05) is 39.8 Å². The molecule has 130 valence electrons. The predicted molar refractivity (Wildman–Crippen MR) is 102 cm³/mol. The smallest absolute Gasteiger partial charge is 0.227 e. The van der Waals surface area contributed by atoms with Crippen LogP contribution in [0.15, 0.2) is 46.9 Å². The Balaban J connectivity index is 1.92. The quantitative estimate of drug-likeness (QED) is 0.659. The number of oxazole rings is 1. The van der Waals surface area contributed by atoms with Gasteiger partial charge in [0.05, 0.1) is 0 Å². The van der Waals surface area contributed by atoms with Crippen molar-refractivity contribution in [1.29, 1.82) is 0 Å². The van der Waals surface area contributed by atoms with Crippen LogP contribution in [0.4, 0.5) is 5.69 Å². The summed E-state index contributed by atoms with van der Waals surface area (Å²) < 4.78 is 5.91. The minimum atomic E-state index is -0.0630. The van der Waals surface area contributed by atoms with E-state index in [9.17, 15) is 4.79 Å². The van der Waals surface area contributed by atoms with Crippen LogP contribution in [0.2, 0.25) is 0 Å². The summed E-state index contributed by atoms with van der Waals surface area (Å²) in [5, 5.41) is 2.91. The molecule has 4 nitrogen and oxygen atoms in total. The molecular formula is C21H24N2O2. The third kappa shape index (κ3) is 3.73. The Hall–Kier alpha value is -2.62. The molecule has 0 radical (unpaired) electrons. The van der Waals surface area contributed by atoms with Crippen LogP contribution in [-0.4, -0.2) is 10.9 Å². The number of anilines is 1. The molecule has 1 N–H and O–H groups in total. The minimum absolute atomic E-state index is 0.00656. The van der Waals surface area contributed by atoms with Gasteiger partial charge < -0.3 is 9.73 Å². The van der Waals surface area contributed by atoms with E-state index in [2.05, 4.69) is 36.3 Å². The summed E-state index contributed by atoms with van der Waals surface area (Å²) in [6.45, 7) is 8.13. The van der Waals surface area contributed by atoms with Crippen molar-refractivity contribution in [1.82, 2.24) is 4.98 Å². The molecule has 3 rings (SSSR count). The Bertz CT molecular complexity index is 896. The third-order valence-electron chi connectivity index (χ3n) is 4.49. The fourth-order valence-electron chi connectivity index (χ4n) is 2.63. The molecule has 0 unspecified atom stereocenters. The highest BCUT2D eigenvalue weighted by molar-refractivity contribution is 5.92. The van der Waals surface area contributed by atoms with Gasteiger partial charge in [0.1, 0.15) is 5.52 Å². The fourth-order valence-corrected chi connectivity index (χ4v) is 2.63. The zero-order valence-corrected chi connectivity index (χ0v) is 15.2. The predicted octanol–water partition coefficient (Wildman–Crippen LogP) is 5.60. The second kappa shape index (κ2) is 7.09. The molecule has 25 heavy (non-hydrogen) atoms. The zero-order valence-electron chi connectivity index (χ0n) is 15.2. The van der Waals surface area contributed by atoms with Crippen molar-refractivity contribution in [3.63, 3.8) is 0 Å². The van der Waals surface area contributed by atoms with Crippen LogP contribution in [0.25, 0.3) is 22.6 Å². The van der Waals surface area contributed by atoms with Gasteiger partial charge in [-0.15, -0.1) is 0 Å². The van der Waals surface area contributed by atoms with Gasteiger partial charge in [0.25, 0.3) is 0 Å². The molecule has 0 saturated carbocycles. The number of nitrogens with zero attached hydrogens (tertiary/aromatic N) is 1. The summed E-state index contributed by atoms with van der Waals surface area (Å²) >= 11 is 0. The summed E-state index contributed by atoms with van der Waals surface area (Å²) in [6.07, 6.45) is 1.09. The lowest BCUT2D eigenvalue weighted by molar-refractivity contribution is -0.118. The van der Waals surface area contributed by atoms with E-state index < -0.39 is 0 Å². The first kappa shape index (κ1) is 17.2. The van der Waals surface area contributed by atoms with E-state index >= 15 is 0 Å². The molecule has 4 heteroatoms. The van der Waals surface area contributed by atoms with Crippen molar-refractivity contribution < 1.29 is 9.21 Å². The number of fused-ring (bicyclic) bond motifs is 1. The highest BCUT2D eigenvalue weighted by atomic mass is 16.3. The lowest BCUT2D eigenvalue weighted by Gasteiger charge is -2.08. The molecule has 0 aliphatic rings. The van der Waals surface area contributed by atoms with Gasteiger partial charge in [0, 0.05) is 17.2 Å². The van der Waals surface area contributed by atoms with E-state index in [1.54, 1.807) is 0 Å². The highest BCUT2D eigenvalue weighted by Gasteiger charge is 2.12. The average molecular weight is 336 g/mol. The van der Waals surface area contributed by atoms with E-state index in [1.807, 2.05) is 44.2 Å². The molecule has 1 heterocycles. The number of hydrogen-bond acceptors (Lipinski definition) is 3. The van der Waals surface area contributed by atoms with Crippen molar-refractivity contribution in [3.8, 4) is 11.5 Å². The second-order valence-electron chi connectivity index (χ2n) is 6.78. The van der Waals surface area contributed by atoms with Crippen LogP contribution in [0.1, 0.15) is 45.6 Å². The molecular weight excluding hydrogens is 312 g/mol. The zero-order chi connectivity index (χ0) is 18.0. The van der Waals surface area contributed by atoms with Gasteiger partial charge in [-0.05, 0) is 48.2 Å². The first-order valence-corrected chi connectivity index (χ1v) is 8.79. The monoisotopic (exact) mass is 336 g/mol. The Morgan fingerprint density at radius 1 is 1.16 bits per heavy atom. The standard InChI is InChI=1S/C21H24N2O2/c1-5-14(4)15-9-10-19-18(12-15)23-21(25-19)16-7-6-8-17(11-16)22-20(24)13(2)3/h6-14H,5H2,1-4H3,(H,22,24)/t14-/m1/s1. The van der Waals surface area contributed by atoms with E-state index in [1.165, 1.54) is 5.56 Å². The van der Waals surface area contributed by atoms with Gasteiger partial charge in [-0.25, -0.2) is 4.98 Å². The molecule has 3 aromatic rings. The Labute approximate surface area is 148 Å². The number of rotatable bonds is 5. The van der Waals surface area contributed by atoms with Crippen LogP contribution in [-0.2, 0) is 4.79 Å². The minimum Gasteiger partial charge on any atom is -0.436 e. The molecule has 1 atom stereocenters. The average Bonchev–Trinajstić information content (AvgIpc) is 3.04. The summed E-state index contributed by atoms with van der Waals surface area (Å²) in [5.41, 5.74) is 4.51. The maximum atomic E-state index is 11.9. The Morgan fingerprint density at radius 2 is 1.96 bits per heavy atom. The van der Waals surface area contributed by atoms with E-state index in [4.69, 9.17) is 4.42 Å². The van der Waals surface area contributed by atoms with E-state index in [-0.39, 0.29) is 11.8 Å². The molecule has 1 amide bonds. The van der Waals surface area contributed by atoms with Crippen LogP contribution in [0.3, 0.4) is 0 Å². The summed E-state index contributed by atoms with van der Waals surface area (Å²) in [5.74, 6) is 0.996. The van der Waals surface area contributed by atoms with Crippen molar-refractivity contribution >= 4 is 22.7 Å². The third-order valence-corrected chi connectivity index (χ3v) is 4.49. The maximum Gasteiger partial charge on any atom is 0.227 e. The lowest BCUT2D eigenvalue weighted by Crippen LogP contribution is -2.17. The number of aromatic nitrogens is 1. The molecule has 0 saturated heterocycles. The van der Waals surface area contributed by atoms with Gasteiger partial charge >= 0.3 is 0 Å². The Kier molecular flexibility index (Phi) is 4.88. The van der Waals surface area contributed by atoms with Crippen molar-refractivity contribution in [2.75, 3.05) is 5.32 Å².